The van der Waals surface area contributed by atoms with Gasteiger partial charge >= 0.3 is 0 Å². The Labute approximate surface area is 239 Å². The second kappa shape index (κ2) is 9.07. The van der Waals surface area contributed by atoms with E-state index in [-0.39, 0.29) is 28.7 Å². The molecule has 41 heavy (non-hydrogen) atoms. The molecule has 1 N–H and O–H groups in total. The molecule has 1 spiro atoms. The molecule has 0 radical (unpaired) electrons. The molecule has 9 heteroatoms. The number of Topliss-reactive ketones (excluding diaryl/α,β-unsaturated/α-hetero) is 2. The van der Waals surface area contributed by atoms with Gasteiger partial charge in [0.1, 0.15) is 11.5 Å². The Kier molecular flexibility index (Phi) is 5.55. The van der Waals surface area contributed by atoms with Crippen LogP contribution in [0.25, 0.3) is 5.57 Å². The summed E-state index contributed by atoms with van der Waals surface area (Å²) in [7, 11) is 0. The molecule has 4 heterocycles. The molecule has 202 valence electrons. The number of ketones is 2. The van der Waals surface area contributed by atoms with Crippen LogP contribution in [0.3, 0.4) is 0 Å². The smallest absolute Gasteiger partial charge is 0.269 e. The van der Waals surface area contributed by atoms with Crippen LogP contribution in [0.15, 0.2) is 96.4 Å². The molecule has 1 amide bonds. The van der Waals surface area contributed by atoms with E-state index in [2.05, 4.69) is 5.32 Å². The van der Waals surface area contributed by atoms with Crippen molar-refractivity contribution in [1.82, 2.24) is 0 Å². The van der Waals surface area contributed by atoms with Crippen LogP contribution in [0.5, 0.6) is 0 Å². The van der Waals surface area contributed by atoms with E-state index in [1.807, 2.05) is 66.4 Å². The highest BCUT2D eigenvalue weighted by atomic mass is 32.1. The predicted molar refractivity (Wildman–Crippen MR) is 156 cm³/mol. The van der Waals surface area contributed by atoms with Crippen LogP contribution in [0, 0.1) is 16.0 Å². The van der Waals surface area contributed by atoms with Gasteiger partial charge in [0.15, 0.2) is 11.6 Å². The molecule has 1 fully saturated rings. The van der Waals surface area contributed by atoms with Crippen molar-refractivity contribution in [2.75, 3.05) is 10.2 Å². The zero-order valence-corrected chi connectivity index (χ0v) is 22.6. The molecule has 0 saturated carbocycles. The maximum Gasteiger partial charge on any atom is 0.269 e. The first kappa shape index (κ1) is 25.1. The van der Waals surface area contributed by atoms with Gasteiger partial charge in [0, 0.05) is 34.6 Å². The fourth-order valence-corrected chi connectivity index (χ4v) is 7.58. The van der Waals surface area contributed by atoms with Crippen molar-refractivity contribution >= 4 is 51.4 Å². The number of nitro groups is 1. The van der Waals surface area contributed by atoms with Gasteiger partial charge in [-0.3, -0.25) is 24.5 Å². The summed E-state index contributed by atoms with van der Waals surface area (Å²) in [6.45, 7) is 1.98. The Morgan fingerprint density at radius 3 is 2.41 bits per heavy atom. The van der Waals surface area contributed by atoms with Crippen molar-refractivity contribution in [2.45, 2.75) is 24.4 Å². The number of allylic oxidation sites excluding steroid dienone is 1. The van der Waals surface area contributed by atoms with E-state index in [1.165, 1.54) is 35.6 Å². The summed E-state index contributed by atoms with van der Waals surface area (Å²) < 4.78 is 0. The molecule has 3 aliphatic rings. The third-order valence-corrected chi connectivity index (χ3v) is 9.45. The maximum absolute atomic E-state index is 14.6. The second-order valence-electron chi connectivity index (χ2n) is 10.5. The number of carbonyl (C=O) groups excluding carboxylic acids is 3. The van der Waals surface area contributed by atoms with Crippen molar-refractivity contribution in [3.8, 4) is 0 Å². The highest BCUT2D eigenvalue weighted by Gasteiger charge is 2.70. The number of non-ortho nitro benzene ring substituents is 1. The minimum atomic E-state index is -1.40. The van der Waals surface area contributed by atoms with Gasteiger partial charge in [-0.05, 0) is 53.8 Å². The highest BCUT2D eigenvalue weighted by molar-refractivity contribution is 7.12. The Morgan fingerprint density at radius 1 is 0.951 bits per heavy atom. The van der Waals surface area contributed by atoms with Gasteiger partial charge in [0.05, 0.1) is 21.8 Å². The molecular formula is C32H23N3O5S. The highest BCUT2D eigenvalue weighted by Crippen LogP contribution is 2.59. The lowest BCUT2D eigenvalue weighted by atomic mass is 9.64. The summed E-state index contributed by atoms with van der Waals surface area (Å²) in [4.78, 5) is 56.7. The summed E-state index contributed by atoms with van der Waals surface area (Å²) in [5.74, 6) is -2.07. The Balaban J connectivity index is 1.53. The summed E-state index contributed by atoms with van der Waals surface area (Å²) >= 11 is 1.28. The van der Waals surface area contributed by atoms with E-state index >= 15 is 0 Å². The number of hydrogen-bond donors (Lipinski definition) is 1. The van der Waals surface area contributed by atoms with Crippen LogP contribution in [-0.4, -0.2) is 34.5 Å². The molecule has 0 unspecified atom stereocenters. The molecule has 1 saturated heterocycles. The van der Waals surface area contributed by atoms with Crippen LogP contribution in [0.1, 0.15) is 38.1 Å². The number of fused-ring (bicyclic) bond motifs is 6. The fraction of sp³-hybridized carbons (Fsp3) is 0.156. The van der Waals surface area contributed by atoms with Gasteiger partial charge in [-0.2, -0.15) is 0 Å². The largest absolute Gasteiger partial charge is 0.352 e. The van der Waals surface area contributed by atoms with Crippen LogP contribution in [0.4, 0.5) is 17.1 Å². The first-order valence-corrected chi connectivity index (χ1v) is 14.1. The van der Waals surface area contributed by atoms with Crippen LogP contribution >= 0.6 is 11.3 Å². The normalized spacial score (nSPS) is 23.8. The van der Waals surface area contributed by atoms with E-state index in [0.717, 1.165) is 16.8 Å². The van der Waals surface area contributed by atoms with E-state index in [0.29, 0.717) is 16.1 Å². The number of nitrogens with one attached hydrogen (secondary N) is 1. The predicted octanol–water partition coefficient (Wildman–Crippen LogP) is 5.90. The number of rotatable bonds is 5. The molecule has 0 aliphatic carbocycles. The zero-order chi connectivity index (χ0) is 28.5. The Bertz CT molecular complexity index is 1800. The number of benzene rings is 3. The number of hydrogen-bond acceptors (Lipinski definition) is 7. The van der Waals surface area contributed by atoms with Gasteiger partial charge in [-0.25, -0.2) is 0 Å². The number of thiophene rings is 1. The third kappa shape index (κ3) is 3.42. The van der Waals surface area contributed by atoms with E-state index in [1.54, 1.807) is 17.5 Å². The van der Waals surface area contributed by atoms with Crippen molar-refractivity contribution in [3.63, 3.8) is 0 Å². The zero-order valence-electron chi connectivity index (χ0n) is 21.8. The standard InChI is InChI=1S/C32H23N3O5S/c1-18-17-26-32(22-8-3-4-9-23(22)33-31(32)38)27(30(37)25-11-6-16-41-25)28(34(26)24-10-5-2-7-21(18)24)29(36)19-12-14-20(15-13-19)35(39)40/h2-17,26-28H,1H3,(H,33,38)/t26-,27+,28-,32-/m0/s1. The minimum absolute atomic E-state index is 0.139. The molecular weight excluding hydrogens is 538 g/mol. The molecule has 3 aromatic carbocycles. The van der Waals surface area contributed by atoms with Crippen LogP contribution in [-0.2, 0) is 10.2 Å². The SMILES string of the molecule is CC1=C[C@@H]2N(c3ccccc31)[C@H](C(=O)c1ccc([N+](=O)[O-])cc1)[C@H](C(=O)c1cccs1)[C@@]21C(=O)Nc2ccccc21. The van der Waals surface area contributed by atoms with E-state index in [4.69, 9.17) is 0 Å². The maximum atomic E-state index is 14.6. The van der Waals surface area contributed by atoms with Crippen molar-refractivity contribution in [1.29, 1.82) is 0 Å². The molecule has 8 nitrogen and oxygen atoms in total. The molecule has 0 bridgehead atoms. The molecule has 4 aromatic rings. The average molecular weight is 562 g/mol. The van der Waals surface area contributed by atoms with E-state index in [9.17, 15) is 24.5 Å². The molecule has 1 aromatic heterocycles. The quantitative estimate of drug-likeness (QED) is 0.185. The number of para-hydroxylation sites is 2. The number of anilines is 2. The lowest BCUT2D eigenvalue weighted by molar-refractivity contribution is -0.384. The van der Waals surface area contributed by atoms with Gasteiger partial charge in [-0.15, -0.1) is 11.3 Å². The summed E-state index contributed by atoms with van der Waals surface area (Å²) in [5.41, 5.74) is 2.62. The fourth-order valence-electron chi connectivity index (χ4n) is 6.88. The third-order valence-electron chi connectivity index (χ3n) is 8.56. The molecule has 7 rings (SSSR count). The monoisotopic (exact) mass is 561 g/mol. The van der Waals surface area contributed by atoms with Gasteiger partial charge < -0.3 is 10.2 Å². The number of nitro benzene ring substituents is 1. The van der Waals surface area contributed by atoms with Crippen molar-refractivity contribution in [2.24, 2.45) is 5.92 Å². The van der Waals surface area contributed by atoms with Gasteiger partial charge in [0.25, 0.3) is 5.69 Å². The molecule has 3 aliphatic heterocycles. The number of nitrogens with zero attached hydrogens (tertiary/aromatic N) is 2. The Morgan fingerprint density at radius 2 is 1.68 bits per heavy atom. The average Bonchev–Trinajstić information content (AvgIpc) is 3.70. The number of carbonyl (C=O) groups is 3. The van der Waals surface area contributed by atoms with Gasteiger partial charge in [-0.1, -0.05) is 48.5 Å². The van der Waals surface area contributed by atoms with E-state index < -0.39 is 28.3 Å². The lowest BCUT2D eigenvalue weighted by Gasteiger charge is -2.39. The summed E-state index contributed by atoms with van der Waals surface area (Å²) in [6.07, 6.45) is 2.00. The van der Waals surface area contributed by atoms with Crippen molar-refractivity contribution < 1.29 is 19.3 Å². The van der Waals surface area contributed by atoms with Crippen molar-refractivity contribution in [3.05, 3.63) is 128 Å². The molecule has 4 atom stereocenters. The Hall–Kier alpha value is -4.89. The van der Waals surface area contributed by atoms with Crippen LogP contribution in [0.2, 0.25) is 0 Å². The van der Waals surface area contributed by atoms with Crippen LogP contribution < -0.4 is 10.2 Å². The summed E-state index contributed by atoms with van der Waals surface area (Å²) in [5, 5.41) is 16.1. The lowest BCUT2D eigenvalue weighted by Crippen LogP contribution is -2.51. The topological polar surface area (TPSA) is 110 Å². The van der Waals surface area contributed by atoms with Gasteiger partial charge in [0.2, 0.25) is 5.91 Å². The minimum Gasteiger partial charge on any atom is -0.352 e. The second-order valence-corrected chi connectivity index (χ2v) is 11.5. The number of amides is 1. The summed E-state index contributed by atoms with van der Waals surface area (Å²) in [6, 6.07) is 22.3. The first-order valence-electron chi connectivity index (χ1n) is 13.2. The first-order chi connectivity index (χ1) is 19.8.